The van der Waals surface area contributed by atoms with Crippen molar-refractivity contribution >= 4 is 15.2 Å². The monoisotopic (exact) mass is 732 g/mol. The quantitative estimate of drug-likeness (QED) is 0.120. The van der Waals surface area contributed by atoms with Gasteiger partial charge in [0.2, 0.25) is 0 Å². The molecule has 0 heterocycles. The van der Waals surface area contributed by atoms with E-state index in [0.717, 1.165) is 0 Å². The van der Waals surface area contributed by atoms with Crippen LogP contribution in [0, 0.1) is 0 Å². The van der Waals surface area contributed by atoms with E-state index in [1.165, 1.54) is 0 Å². The fraction of sp³-hybridized carbons (Fsp3) is 1.00. The van der Waals surface area contributed by atoms with Gasteiger partial charge in [-0.2, -0.15) is 0 Å². The fourth-order valence-electron chi connectivity index (χ4n) is 0.461. The van der Waals surface area contributed by atoms with Crippen molar-refractivity contribution in [3.05, 3.63) is 0 Å². The Bertz CT molecular complexity index is 298. The summed E-state index contributed by atoms with van der Waals surface area (Å²) in [5.74, 6) is 0. The SMILES string of the molecule is NCCN.NCCN.[NH3+]CC(O)(P(=O)(O)O)P(=O)(O)O.[Pt].[Pt]. The molecule has 0 aromatic carbocycles. The first kappa shape index (κ1) is 34.7. The summed E-state index contributed by atoms with van der Waals surface area (Å²) in [6, 6.07) is 0. The molecule has 12 nitrogen and oxygen atoms in total. The molecule has 16 heteroatoms. The maximum absolute atomic E-state index is 10.4. The standard InChI is InChI=1S/2C2H8N2.C2H9NO7P2.2Pt/c2*3-1-2-4;3-1-2(4,11(5,6)7)12(8,9)10;;/h2*1-4H2;4H,1,3H2,(H2,5,6,7)(H2,8,9,10);;/p+1. The maximum atomic E-state index is 10.4. The van der Waals surface area contributed by atoms with Crippen molar-refractivity contribution in [2.24, 2.45) is 22.9 Å². The van der Waals surface area contributed by atoms with Crippen molar-refractivity contribution in [3.8, 4) is 0 Å². The second kappa shape index (κ2) is 17.3. The third-order valence-electron chi connectivity index (χ3n) is 1.60. The molecule has 0 saturated carbocycles. The van der Waals surface area contributed by atoms with Gasteiger partial charge in [0, 0.05) is 68.3 Å². The Morgan fingerprint density at radius 3 is 0.955 bits per heavy atom. The Hall–Kier alpha value is 1.44. The largest absolute Gasteiger partial charge is 0.375 e. The van der Waals surface area contributed by atoms with Gasteiger partial charge in [-0.15, -0.1) is 0 Å². The molecule has 146 valence electrons. The van der Waals surface area contributed by atoms with E-state index >= 15 is 0 Å². The summed E-state index contributed by atoms with van der Waals surface area (Å²) in [5, 5.41) is 5.54. The van der Waals surface area contributed by atoms with Gasteiger partial charge in [-0.05, 0) is 0 Å². The Morgan fingerprint density at radius 1 is 0.773 bits per heavy atom. The van der Waals surface area contributed by atoms with Gasteiger partial charge in [-0.1, -0.05) is 0 Å². The predicted octanol–water partition coefficient (Wildman–Crippen LogP) is -4.97. The predicted molar refractivity (Wildman–Crippen MR) is 73.0 cm³/mol. The van der Waals surface area contributed by atoms with E-state index in [4.69, 9.17) is 47.6 Å². The molecule has 0 aromatic heterocycles. The van der Waals surface area contributed by atoms with Crippen LogP contribution in [0.3, 0.4) is 0 Å². The number of nitrogens with two attached hydrogens (primary N) is 4. The van der Waals surface area contributed by atoms with E-state index in [1.807, 2.05) is 0 Å². The number of quaternary nitrogens is 1. The van der Waals surface area contributed by atoms with Gasteiger partial charge < -0.3 is 53.3 Å². The summed E-state index contributed by atoms with van der Waals surface area (Å²) in [4.78, 5) is 33.6. The summed E-state index contributed by atoms with van der Waals surface area (Å²) in [5.41, 5.74) is 22.5. The van der Waals surface area contributed by atoms with Crippen LogP contribution in [0.5, 0.6) is 0 Å². The molecule has 0 saturated heterocycles. The minimum absolute atomic E-state index is 0. The molecule has 0 radical (unpaired) electrons. The second-order valence-corrected chi connectivity index (χ2v) is 7.28. The van der Waals surface area contributed by atoms with Crippen LogP contribution in [0.1, 0.15) is 0 Å². The van der Waals surface area contributed by atoms with Gasteiger partial charge in [0.25, 0.3) is 0 Å². The fourth-order valence-corrected chi connectivity index (χ4v) is 2.40. The molecule has 16 N–H and O–H groups in total. The topological polar surface area (TPSA) is 267 Å². The smallest absolute Gasteiger partial charge is 0.363 e. The van der Waals surface area contributed by atoms with Crippen LogP contribution in [0.4, 0.5) is 0 Å². The van der Waals surface area contributed by atoms with Crippen LogP contribution in [-0.4, -0.2) is 62.5 Å². The van der Waals surface area contributed by atoms with E-state index < -0.39 is 26.8 Å². The Balaban J connectivity index is -0.0000000812. The summed E-state index contributed by atoms with van der Waals surface area (Å²) in [7, 11) is -10.6. The molecule has 0 bridgehead atoms. The molecule has 0 rings (SSSR count). The van der Waals surface area contributed by atoms with Gasteiger partial charge >= 0.3 is 20.3 Å². The van der Waals surface area contributed by atoms with Crippen molar-refractivity contribution in [1.82, 2.24) is 0 Å². The zero-order valence-electron chi connectivity index (χ0n) is 11.6. The molecular weight excluding hydrogens is 706 g/mol. The second-order valence-electron chi connectivity index (χ2n) is 3.27. The van der Waals surface area contributed by atoms with Gasteiger partial charge in [-0.25, -0.2) is 0 Å². The number of rotatable bonds is 5. The first-order chi connectivity index (χ1) is 8.89. The molecule has 0 amide bonds. The molecule has 0 aliphatic rings. The number of hydrogen-bond acceptors (Lipinski definition) is 7. The van der Waals surface area contributed by atoms with Gasteiger partial charge in [0.05, 0.1) is 0 Å². The van der Waals surface area contributed by atoms with Crippen LogP contribution in [0.15, 0.2) is 0 Å². The normalized spacial score (nSPS) is 10.8. The summed E-state index contributed by atoms with van der Waals surface area (Å²) >= 11 is 0. The third-order valence-corrected chi connectivity index (χ3v) is 5.48. The van der Waals surface area contributed by atoms with E-state index in [0.29, 0.717) is 26.2 Å². The van der Waals surface area contributed by atoms with E-state index in [1.54, 1.807) is 0 Å². The van der Waals surface area contributed by atoms with Crippen molar-refractivity contribution in [2.45, 2.75) is 5.08 Å². The zero-order valence-corrected chi connectivity index (χ0v) is 18.0. The first-order valence-electron chi connectivity index (χ1n) is 5.32. The van der Waals surface area contributed by atoms with Crippen LogP contribution in [0.25, 0.3) is 0 Å². The molecule has 0 fully saturated rings. The van der Waals surface area contributed by atoms with Gasteiger partial charge in [0.15, 0.2) is 0 Å². The molecule has 0 aromatic rings. The van der Waals surface area contributed by atoms with Crippen molar-refractivity contribution in [2.75, 3.05) is 32.7 Å². The number of aliphatic hydroxyl groups is 1. The van der Waals surface area contributed by atoms with Gasteiger partial charge in [-0.3, -0.25) is 9.13 Å². The number of hydrogen-bond donors (Lipinski definition) is 10. The Labute approximate surface area is 157 Å². The molecule has 0 unspecified atom stereocenters. The van der Waals surface area contributed by atoms with Crippen LogP contribution >= 0.6 is 15.2 Å². The van der Waals surface area contributed by atoms with Crippen molar-refractivity contribution < 1.29 is 81.7 Å². The molecule has 22 heavy (non-hydrogen) atoms. The molecule has 0 aliphatic heterocycles. The van der Waals surface area contributed by atoms with Crippen LogP contribution in [-0.2, 0) is 51.3 Å². The van der Waals surface area contributed by atoms with E-state index in [-0.39, 0.29) is 42.1 Å². The van der Waals surface area contributed by atoms with Crippen LogP contribution < -0.4 is 28.7 Å². The zero-order chi connectivity index (χ0) is 17.0. The Kier molecular flexibility index (Phi) is 27.2. The summed E-state index contributed by atoms with van der Waals surface area (Å²) in [6.45, 7) is 1.42. The van der Waals surface area contributed by atoms with Crippen molar-refractivity contribution in [1.29, 1.82) is 0 Å². The minimum atomic E-state index is -5.28. The average molecular weight is 732 g/mol. The molecule has 0 spiro atoms. The van der Waals surface area contributed by atoms with Crippen molar-refractivity contribution in [3.63, 3.8) is 0 Å². The minimum Gasteiger partial charge on any atom is -0.363 e. The summed E-state index contributed by atoms with van der Waals surface area (Å²) in [6.07, 6.45) is 0. The average Bonchev–Trinajstić information content (AvgIpc) is 2.35. The maximum Gasteiger partial charge on any atom is 0.375 e. The third kappa shape index (κ3) is 15.0. The van der Waals surface area contributed by atoms with E-state index in [9.17, 15) is 9.13 Å². The molecule has 0 atom stereocenters. The van der Waals surface area contributed by atoms with Crippen LogP contribution in [0.2, 0.25) is 0 Å². The summed E-state index contributed by atoms with van der Waals surface area (Å²) < 4.78 is 20.9. The molecule has 0 aliphatic carbocycles. The first-order valence-corrected chi connectivity index (χ1v) is 8.55. The van der Waals surface area contributed by atoms with Gasteiger partial charge in [0.1, 0.15) is 6.54 Å². The Morgan fingerprint density at radius 2 is 0.955 bits per heavy atom. The van der Waals surface area contributed by atoms with E-state index in [2.05, 4.69) is 5.73 Å². The molecular formula is C6H26N5O7P2Pt2+.